The van der Waals surface area contributed by atoms with E-state index < -0.39 is 12.2 Å². The zero-order valence-corrected chi connectivity index (χ0v) is 11.7. The molecule has 1 amide bonds. The second-order valence-electron chi connectivity index (χ2n) is 5.69. The van der Waals surface area contributed by atoms with Crippen molar-refractivity contribution in [1.29, 1.82) is 0 Å². The van der Waals surface area contributed by atoms with Crippen LogP contribution in [-0.4, -0.2) is 50.2 Å². The van der Waals surface area contributed by atoms with Crippen LogP contribution in [-0.2, 0) is 11.2 Å². The molecule has 3 aliphatic heterocycles. The molecule has 0 unspecified atom stereocenters. The summed E-state index contributed by atoms with van der Waals surface area (Å²) in [7, 11) is 0. The molecule has 0 radical (unpaired) electrons. The molecule has 3 aliphatic rings. The Bertz CT molecular complexity index is 558. The van der Waals surface area contributed by atoms with E-state index >= 15 is 0 Å². The quantitative estimate of drug-likeness (QED) is 0.885. The highest BCUT2D eigenvalue weighted by atomic mass is 16.6. The third kappa shape index (κ3) is 2.01. The summed E-state index contributed by atoms with van der Waals surface area (Å²) >= 11 is 0. The van der Waals surface area contributed by atoms with E-state index in [2.05, 4.69) is 11.0 Å². The van der Waals surface area contributed by atoms with Crippen molar-refractivity contribution in [3.8, 4) is 5.75 Å². The van der Waals surface area contributed by atoms with Gasteiger partial charge in [0.2, 0.25) is 0 Å². The molecule has 0 bridgehead atoms. The van der Waals surface area contributed by atoms with E-state index in [1.165, 1.54) is 11.3 Å². The molecule has 1 fully saturated rings. The number of hydrogen-bond donors (Lipinski definition) is 1. The monoisotopic (exact) mass is 290 g/mol. The van der Waals surface area contributed by atoms with Crippen molar-refractivity contribution in [3.63, 3.8) is 0 Å². The number of amides is 1. The Morgan fingerprint density at radius 2 is 2.24 bits per heavy atom. The fourth-order valence-electron chi connectivity index (χ4n) is 3.35. The van der Waals surface area contributed by atoms with E-state index in [4.69, 9.17) is 14.6 Å². The maximum absolute atomic E-state index is 11.9. The SMILES string of the molecule is O=C1O[C@@H](CO)CN1c1cc2c3c(c1)OCCN3CCC2. The van der Waals surface area contributed by atoms with Gasteiger partial charge in [0, 0.05) is 12.6 Å². The molecule has 4 rings (SSSR count). The third-order valence-electron chi connectivity index (χ3n) is 4.34. The number of aliphatic hydroxyl groups excluding tert-OH is 1. The zero-order chi connectivity index (χ0) is 14.4. The maximum Gasteiger partial charge on any atom is 0.414 e. The maximum atomic E-state index is 11.9. The number of anilines is 2. The predicted octanol–water partition coefficient (Wildman–Crippen LogP) is 1.15. The molecular weight excluding hydrogens is 272 g/mol. The summed E-state index contributed by atoms with van der Waals surface area (Å²) in [6.45, 7) is 2.92. The van der Waals surface area contributed by atoms with E-state index in [9.17, 15) is 4.79 Å². The van der Waals surface area contributed by atoms with Crippen molar-refractivity contribution in [2.45, 2.75) is 18.9 Å². The van der Waals surface area contributed by atoms with E-state index in [-0.39, 0.29) is 6.61 Å². The first kappa shape index (κ1) is 12.8. The second kappa shape index (κ2) is 4.80. The van der Waals surface area contributed by atoms with Gasteiger partial charge in [-0.1, -0.05) is 0 Å². The minimum atomic E-state index is -0.442. The molecule has 6 nitrogen and oxygen atoms in total. The molecule has 3 heterocycles. The number of nitrogens with zero attached hydrogens (tertiary/aromatic N) is 2. The minimum absolute atomic E-state index is 0.148. The van der Waals surface area contributed by atoms with Crippen LogP contribution in [0, 0.1) is 0 Å². The lowest BCUT2D eigenvalue weighted by atomic mass is 9.99. The van der Waals surface area contributed by atoms with Crippen LogP contribution < -0.4 is 14.5 Å². The number of rotatable bonds is 2. The van der Waals surface area contributed by atoms with Crippen LogP contribution in [0.4, 0.5) is 16.2 Å². The summed E-state index contributed by atoms with van der Waals surface area (Å²) in [5, 5.41) is 9.15. The van der Waals surface area contributed by atoms with Gasteiger partial charge in [-0.3, -0.25) is 4.90 Å². The Labute approximate surface area is 122 Å². The van der Waals surface area contributed by atoms with Crippen LogP contribution in [0.3, 0.4) is 0 Å². The Hall–Kier alpha value is -1.95. The summed E-state index contributed by atoms with van der Waals surface area (Å²) < 4.78 is 10.9. The summed E-state index contributed by atoms with van der Waals surface area (Å²) in [5.74, 6) is 0.855. The van der Waals surface area contributed by atoms with Gasteiger partial charge in [0.1, 0.15) is 18.5 Å². The van der Waals surface area contributed by atoms with Crippen molar-refractivity contribution >= 4 is 17.5 Å². The third-order valence-corrected chi connectivity index (χ3v) is 4.34. The van der Waals surface area contributed by atoms with Crippen molar-refractivity contribution in [2.24, 2.45) is 0 Å². The molecule has 0 aromatic heterocycles. The molecule has 6 heteroatoms. The van der Waals surface area contributed by atoms with Gasteiger partial charge in [-0.05, 0) is 24.5 Å². The number of ether oxygens (including phenoxy) is 2. The van der Waals surface area contributed by atoms with E-state index in [1.54, 1.807) is 4.90 Å². The highest BCUT2D eigenvalue weighted by molar-refractivity contribution is 5.91. The summed E-state index contributed by atoms with van der Waals surface area (Å²) in [6.07, 6.45) is 1.29. The van der Waals surface area contributed by atoms with E-state index in [0.29, 0.717) is 13.2 Å². The molecule has 0 aliphatic carbocycles. The Kier molecular flexibility index (Phi) is 2.92. The topological polar surface area (TPSA) is 62.2 Å². The van der Waals surface area contributed by atoms with Gasteiger partial charge < -0.3 is 19.5 Å². The number of aryl methyl sites for hydroxylation is 1. The molecular formula is C15H18N2O4. The summed E-state index contributed by atoms with van der Waals surface area (Å²) in [6, 6.07) is 3.97. The largest absolute Gasteiger partial charge is 0.489 e. The van der Waals surface area contributed by atoms with Crippen LogP contribution in [0.25, 0.3) is 0 Å². The Morgan fingerprint density at radius 1 is 1.33 bits per heavy atom. The van der Waals surface area contributed by atoms with Crippen LogP contribution in [0.5, 0.6) is 5.75 Å². The van der Waals surface area contributed by atoms with Gasteiger partial charge in [-0.2, -0.15) is 0 Å². The van der Waals surface area contributed by atoms with Gasteiger partial charge >= 0.3 is 6.09 Å². The molecule has 1 N–H and O–H groups in total. The standard InChI is InChI=1S/C15H18N2O4/c18-9-12-8-17(15(19)21-12)11-6-10-2-1-3-16-4-5-20-13(7-11)14(10)16/h6-7,12,18H,1-5,8-9H2/t12-/m1/s1. The number of benzene rings is 1. The van der Waals surface area contributed by atoms with Gasteiger partial charge in [-0.25, -0.2) is 4.79 Å². The first-order chi connectivity index (χ1) is 10.3. The van der Waals surface area contributed by atoms with Crippen LogP contribution in [0.2, 0.25) is 0 Å². The molecule has 1 saturated heterocycles. The molecule has 21 heavy (non-hydrogen) atoms. The fourth-order valence-corrected chi connectivity index (χ4v) is 3.35. The summed E-state index contributed by atoms with van der Waals surface area (Å²) in [5.41, 5.74) is 3.21. The number of carbonyl (C=O) groups is 1. The molecule has 112 valence electrons. The molecule has 1 atom stereocenters. The lowest BCUT2D eigenvalue weighted by molar-refractivity contribution is 0.0963. The van der Waals surface area contributed by atoms with Gasteiger partial charge in [-0.15, -0.1) is 0 Å². The van der Waals surface area contributed by atoms with Gasteiger partial charge in [0.25, 0.3) is 0 Å². The zero-order valence-electron chi connectivity index (χ0n) is 11.7. The van der Waals surface area contributed by atoms with E-state index in [0.717, 1.165) is 37.4 Å². The van der Waals surface area contributed by atoms with Crippen molar-refractivity contribution < 1.29 is 19.4 Å². The van der Waals surface area contributed by atoms with E-state index in [1.807, 2.05) is 6.07 Å². The summed E-state index contributed by atoms with van der Waals surface area (Å²) in [4.78, 5) is 15.9. The number of cyclic esters (lactones) is 1. The first-order valence-corrected chi connectivity index (χ1v) is 7.40. The number of aliphatic hydroxyl groups is 1. The Balaban J connectivity index is 1.73. The lowest BCUT2D eigenvalue weighted by Gasteiger charge is -2.37. The molecule has 1 aromatic carbocycles. The Morgan fingerprint density at radius 3 is 3.05 bits per heavy atom. The van der Waals surface area contributed by atoms with Gasteiger partial charge in [0.15, 0.2) is 0 Å². The highest BCUT2D eigenvalue weighted by Crippen LogP contribution is 2.42. The fraction of sp³-hybridized carbons (Fsp3) is 0.533. The average Bonchev–Trinajstić information content (AvgIpc) is 2.89. The first-order valence-electron chi connectivity index (χ1n) is 7.40. The highest BCUT2D eigenvalue weighted by Gasteiger charge is 2.34. The normalized spacial score (nSPS) is 23.7. The van der Waals surface area contributed by atoms with Gasteiger partial charge in [0.05, 0.1) is 31.1 Å². The molecule has 0 spiro atoms. The molecule has 1 aromatic rings. The number of hydrogen-bond acceptors (Lipinski definition) is 5. The van der Waals surface area contributed by atoms with Crippen molar-refractivity contribution in [1.82, 2.24) is 0 Å². The smallest absolute Gasteiger partial charge is 0.414 e. The minimum Gasteiger partial charge on any atom is -0.489 e. The van der Waals surface area contributed by atoms with Crippen LogP contribution >= 0.6 is 0 Å². The average molecular weight is 290 g/mol. The number of carbonyl (C=O) groups excluding carboxylic acids is 1. The molecule has 0 saturated carbocycles. The van der Waals surface area contributed by atoms with Crippen molar-refractivity contribution in [2.75, 3.05) is 42.6 Å². The van der Waals surface area contributed by atoms with Crippen LogP contribution in [0.15, 0.2) is 12.1 Å². The van der Waals surface area contributed by atoms with Crippen molar-refractivity contribution in [3.05, 3.63) is 17.7 Å². The van der Waals surface area contributed by atoms with Crippen LogP contribution in [0.1, 0.15) is 12.0 Å². The predicted molar refractivity (Wildman–Crippen MR) is 77.2 cm³/mol. The second-order valence-corrected chi connectivity index (χ2v) is 5.69. The lowest BCUT2D eigenvalue weighted by Crippen LogP contribution is -2.37.